The van der Waals surface area contributed by atoms with Crippen LogP contribution in [0.15, 0.2) is 24.3 Å². The molecule has 0 fully saturated rings. The maximum atomic E-state index is 13.0. The van der Waals surface area contributed by atoms with Crippen LogP contribution in [0.1, 0.15) is 11.1 Å². The molecule has 0 amide bonds. The zero-order valence-electron chi connectivity index (χ0n) is 7.08. The second-order valence-electron chi connectivity index (χ2n) is 3.27. The molecule has 0 N–H and O–H groups in total. The first-order valence-electron chi connectivity index (χ1n) is 3.96. The Hall–Kier alpha value is -1.20. The lowest BCUT2D eigenvalue weighted by molar-refractivity contribution is -0.302. The van der Waals surface area contributed by atoms with Crippen molar-refractivity contribution in [2.75, 3.05) is 0 Å². The van der Waals surface area contributed by atoms with Crippen LogP contribution in [0.2, 0.25) is 0 Å². The average molecular weight is 226 g/mol. The summed E-state index contributed by atoms with van der Waals surface area (Å²) in [6, 6.07) is 3.21. The zero-order valence-corrected chi connectivity index (χ0v) is 7.08. The molecular weight excluding hydrogens is 222 g/mol. The van der Waals surface area contributed by atoms with Crippen LogP contribution < -0.4 is 0 Å². The van der Waals surface area contributed by atoms with E-state index in [2.05, 4.69) is 0 Å². The standard InChI is InChI=1S/C9H4F6/c10-7(11)5-3-1-2-4-6(5)8(12,13)9(7,14)15/h1-4H. The minimum absolute atomic E-state index is 0.587. The Kier molecular flexibility index (Phi) is 1.71. The van der Waals surface area contributed by atoms with Gasteiger partial charge in [0.1, 0.15) is 0 Å². The summed E-state index contributed by atoms with van der Waals surface area (Å²) in [4.78, 5) is 0. The van der Waals surface area contributed by atoms with Crippen molar-refractivity contribution in [2.45, 2.75) is 17.8 Å². The summed E-state index contributed by atoms with van der Waals surface area (Å²) in [6.07, 6.45) is 0. The van der Waals surface area contributed by atoms with Gasteiger partial charge in [-0.1, -0.05) is 24.3 Å². The molecule has 0 saturated carbocycles. The summed E-state index contributed by atoms with van der Waals surface area (Å²) in [5.41, 5.74) is -2.61. The van der Waals surface area contributed by atoms with Gasteiger partial charge in [0.2, 0.25) is 0 Å². The molecule has 6 heteroatoms. The molecule has 0 atom stereocenters. The molecule has 0 unspecified atom stereocenters. The van der Waals surface area contributed by atoms with Crippen LogP contribution in [-0.2, 0) is 11.8 Å². The maximum absolute atomic E-state index is 13.0. The molecule has 0 bridgehead atoms. The van der Waals surface area contributed by atoms with Crippen molar-refractivity contribution in [1.82, 2.24) is 0 Å². The smallest absolute Gasteiger partial charge is 0.194 e. The van der Waals surface area contributed by atoms with E-state index in [1.807, 2.05) is 0 Å². The van der Waals surface area contributed by atoms with Crippen LogP contribution >= 0.6 is 0 Å². The van der Waals surface area contributed by atoms with Gasteiger partial charge in [0.15, 0.2) is 0 Å². The summed E-state index contributed by atoms with van der Waals surface area (Å²) in [6.45, 7) is 0. The number of rotatable bonds is 0. The van der Waals surface area contributed by atoms with Gasteiger partial charge in [0.25, 0.3) is 0 Å². The first-order valence-corrected chi connectivity index (χ1v) is 3.96. The Morgan fingerprint density at radius 2 is 1.00 bits per heavy atom. The normalized spacial score (nSPS) is 24.9. The third kappa shape index (κ3) is 0.943. The van der Waals surface area contributed by atoms with Crippen LogP contribution in [0.25, 0.3) is 0 Å². The third-order valence-corrected chi connectivity index (χ3v) is 2.39. The number of alkyl halides is 6. The molecule has 2 rings (SSSR count). The van der Waals surface area contributed by atoms with E-state index in [-0.39, 0.29) is 0 Å². The van der Waals surface area contributed by atoms with E-state index in [0.29, 0.717) is 12.1 Å². The molecule has 0 aromatic heterocycles. The van der Waals surface area contributed by atoms with Gasteiger partial charge < -0.3 is 0 Å². The second-order valence-corrected chi connectivity index (χ2v) is 3.27. The zero-order chi connectivity index (χ0) is 11.5. The highest BCUT2D eigenvalue weighted by atomic mass is 19.3. The lowest BCUT2D eigenvalue weighted by atomic mass is 10.1. The topological polar surface area (TPSA) is 0 Å². The van der Waals surface area contributed by atoms with Gasteiger partial charge in [0.05, 0.1) is 0 Å². The van der Waals surface area contributed by atoms with Gasteiger partial charge >= 0.3 is 17.8 Å². The Morgan fingerprint density at radius 1 is 0.667 bits per heavy atom. The Bertz CT molecular complexity index is 372. The molecule has 0 nitrogen and oxygen atoms in total. The first-order chi connectivity index (χ1) is 6.73. The predicted octanol–water partition coefficient (Wildman–Crippen LogP) is 3.52. The van der Waals surface area contributed by atoms with Crippen LogP contribution in [0.5, 0.6) is 0 Å². The molecule has 1 aliphatic rings. The van der Waals surface area contributed by atoms with Crippen LogP contribution in [0, 0.1) is 0 Å². The minimum Gasteiger partial charge on any atom is -0.194 e. The maximum Gasteiger partial charge on any atom is 0.380 e. The molecule has 0 spiro atoms. The van der Waals surface area contributed by atoms with Crippen LogP contribution in [-0.4, -0.2) is 5.92 Å². The molecule has 1 aromatic carbocycles. The van der Waals surface area contributed by atoms with Gasteiger partial charge in [0, 0.05) is 11.1 Å². The van der Waals surface area contributed by atoms with Gasteiger partial charge in [-0.3, -0.25) is 0 Å². The summed E-state index contributed by atoms with van der Waals surface area (Å²) in [5.74, 6) is -15.0. The van der Waals surface area contributed by atoms with E-state index in [4.69, 9.17) is 0 Å². The lowest BCUT2D eigenvalue weighted by Gasteiger charge is -2.23. The van der Waals surface area contributed by atoms with E-state index in [0.717, 1.165) is 12.1 Å². The monoisotopic (exact) mass is 226 g/mol. The fourth-order valence-corrected chi connectivity index (χ4v) is 1.57. The Balaban J connectivity index is 2.78. The molecule has 0 aliphatic heterocycles. The molecular formula is C9H4F6. The number of hydrogen-bond acceptors (Lipinski definition) is 0. The van der Waals surface area contributed by atoms with E-state index < -0.39 is 28.9 Å². The highest BCUT2D eigenvalue weighted by Gasteiger charge is 2.78. The fourth-order valence-electron chi connectivity index (χ4n) is 1.57. The average Bonchev–Trinajstić information content (AvgIpc) is 2.26. The van der Waals surface area contributed by atoms with E-state index in [1.54, 1.807) is 0 Å². The summed E-state index contributed by atoms with van der Waals surface area (Å²) < 4.78 is 77.5. The molecule has 0 heterocycles. The molecule has 1 aromatic rings. The molecule has 1 aliphatic carbocycles. The van der Waals surface area contributed by atoms with Crippen LogP contribution in [0.3, 0.4) is 0 Å². The summed E-state index contributed by atoms with van der Waals surface area (Å²) in [5, 5.41) is 0. The fraction of sp³-hybridized carbons (Fsp3) is 0.333. The van der Waals surface area contributed by atoms with Crippen molar-refractivity contribution in [2.24, 2.45) is 0 Å². The molecule has 0 radical (unpaired) electrons. The van der Waals surface area contributed by atoms with Gasteiger partial charge in [-0.25, -0.2) is 0 Å². The van der Waals surface area contributed by atoms with E-state index in [9.17, 15) is 26.3 Å². The Labute approximate surface area is 80.5 Å². The molecule has 15 heavy (non-hydrogen) atoms. The van der Waals surface area contributed by atoms with Crippen molar-refractivity contribution >= 4 is 0 Å². The van der Waals surface area contributed by atoms with Gasteiger partial charge in [-0.2, -0.15) is 26.3 Å². The van der Waals surface area contributed by atoms with Gasteiger partial charge in [-0.15, -0.1) is 0 Å². The summed E-state index contributed by atoms with van der Waals surface area (Å²) >= 11 is 0. The summed E-state index contributed by atoms with van der Waals surface area (Å²) in [7, 11) is 0. The van der Waals surface area contributed by atoms with Crippen LogP contribution in [0.4, 0.5) is 26.3 Å². The van der Waals surface area contributed by atoms with Crippen molar-refractivity contribution in [3.63, 3.8) is 0 Å². The largest absolute Gasteiger partial charge is 0.380 e. The second kappa shape index (κ2) is 2.48. The lowest BCUT2D eigenvalue weighted by Crippen LogP contribution is -2.43. The van der Waals surface area contributed by atoms with E-state index >= 15 is 0 Å². The predicted molar refractivity (Wildman–Crippen MR) is 39.2 cm³/mol. The SMILES string of the molecule is FC1(F)c2ccccc2C(F)(F)C1(F)F. The first kappa shape index (κ1) is 10.3. The minimum atomic E-state index is -5.37. The van der Waals surface area contributed by atoms with Crippen molar-refractivity contribution < 1.29 is 26.3 Å². The van der Waals surface area contributed by atoms with Crippen molar-refractivity contribution in [3.05, 3.63) is 35.4 Å². The molecule has 0 saturated heterocycles. The molecule has 82 valence electrons. The highest BCUT2D eigenvalue weighted by molar-refractivity contribution is 5.43. The van der Waals surface area contributed by atoms with E-state index in [1.165, 1.54) is 0 Å². The number of hydrogen-bond donors (Lipinski definition) is 0. The quantitative estimate of drug-likeness (QED) is 0.593. The van der Waals surface area contributed by atoms with Gasteiger partial charge in [-0.05, 0) is 0 Å². The number of benzene rings is 1. The van der Waals surface area contributed by atoms with Crippen molar-refractivity contribution in [3.8, 4) is 0 Å². The Morgan fingerprint density at radius 3 is 1.33 bits per heavy atom. The highest BCUT2D eigenvalue weighted by Crippen LogP contribution is 2.62. The third-order valence-electron chi connectivity index (χ3n) is 2.39. The van der Waals surface area contributed by atoms with Crippen molar-refractivity contribution in [1.29, 1.82) is 0 Å². The number of halogens is 6. The number of fused-ring (bicyclic) bond motifs is 1.